The second kappa shape index (κ2) is 4.30. The van der Waals surface area contributed by atoms with Crippen LogP contribution in [0.15, 0.2) is 9.59 Å². The van der Waals surface area contributed by atoms with E-state index in [1.165, 1.54) is 30.0 Å². The molecule has 0 fully saturated rings. The predicted octanol–water partition coefficient (Wildman–Crippen LogP) is 2.30. The van der Waals surface area contributed by atoms with Crippen LogP contribution in [0.2, 0.25) is 0 Å². The Kier molecular flexibility index (Phi) is 3.34. The molecule has 1 amide bonds. The summed E-state index contributed by atoms with van der Waals surface area (Å²) in [5.74, 6) is -0.151. The normalized spacial score (nSPS) is 9.31. The molecule has 1 aromatic rings. The van der Waals surface area contributed by atoms with Crippen molar-refractivity contribution in [2.75, 3.05) is 11.6 Å². The van der Waals surface area contributed by atoms with Gasteiger partial charge in [-0.25, -0.2) is 0 Å². The highest BCUT2D eigenvalue weighted by atomic mass is 32.2. The number of nitrogens with one attached hydrogen (secondary N) is 1. The number of hydrogen-bond acceptors (Lipinski definition) is 4. The van der Waals surface area contributed by atoms with Gasteiger partial charge < -0.3 is 5.32 Å². The molecule has 0 atom stereocenters. The molecule has 3 nitrogen and oxygen atoms in total. The molecule has 0 saturated heterocycles. The predicted molar refractivity (Wildman–Crippen MR) is 55.1 cm³/mol. The highest BCUT2D eigenvalue weighted by Gasteiger charge is 2.10. The topological polar surface area (TPSA) is 52.9 Å². The van der Waals surface area contributed by atoms with Crippen molar-refractivity contribution < 1.29 is 4.79 Å². The summed E-state index contributed by atoms with van der Waals surface area (Å²) in [5.41, 5.74) is 1.18. The van der Waals surface area contributed by atoms with Crippen molar-refractivity contribution in [3.05, 3.63) is 10.9 Å². The minimum atomic E-state index is -0.151. The van der Waals surface area contributed by atoms with Gasteiger partial charge in [-0.2, -0.15) is 5.26 Å². The molecule has 0 aliphatic rings. The molecular formula is C8H8N2OS2. The zero-order valence-electron chi connectivity index (χ0n) is 7.25. The van der Waals surface area contributed by atoms with E-state index in [1.54, 1.807) is 5.38 Å². The average Bonchev–Trinajstić information content (AvgIpc) is 2.45. The van der Waals surface area contributed by atoms with Crippen LogP contribution in [0.4, 0.5) is 5.69 Å². The summed E-state index contributed by atoms with van der Waals surface area (Å²) in [6.07, 6.45) is 1.91. The first-order valence-electron chi connectivity index (χ1n) is 3.52. The number of thiophene rings is 1. The minimum Gasteiger partial charge on any atom is -0.324 e. The molecule has 68 valence electrons. The maximum absolute atomic E-state index is 10.8. The molecule has 0 bridgehead atoms. The lowest BCUT2D eigenvalue weighted by Crippen LogP contribution is -2.05. The van der Waals surface area contributed by atoms with Gasteiger partial charge in [-0.05, 0) is 6.26 Å². The maximum atomic E-state index is 10.8. The Labute approximate surface area is 84.8 Å². The number of amides is 1. The lowest BCUT2D eigenvalue weighted by Gasteiger charge is -1.97. The SMILES string of the molecule is CSc1scc(NC(C)=O)c1C#N. The van der Waals surface area contributed by atoms with Gasteiger partial charge in [0.2, 0.25) is 5.91 Å². The van der Waals surface area contributed by atoms with Crippen LogP contribution in [0.1, 0.15) is 12.5 Å². The van der Waals surface area contributed by atoms with E-state index in [0.717, 1.165) is 4.21 Å². The largest absolute Gasteiger partial charge is 0.324 e. The van der Waals surface area contributed by atoms with Crippen LogP contribution < -0.4 is 5.32 Å². The van der Waals surface area contributed by atoms with Crippen LogP contribution in [0, 0.1) is 11.3 Å². The monoisotopic (exact) mass is 212 g/mol. The van der Waals surface area contributed by atoms with Crippen molar-refractivity contribution in [3.63, 3.8) is 0 Å². The van der Waals surface area contributed by atoms with Crippen LogP contribution in [0.25, 0.3) is 0 Å². The molecule has 0 aromatic carbocycles. The van der Waals surface area contributed by atoms with Crippen molar-refractivity contribution in [2.24, 2.45) is 0 Å². The first kappa shape index (κ1) is 10.1. The van der Waals surface area contributed by atoms with Gasteiger partial charge in [-0.3, -0.25) is 4.79 Å². The van der Waals surface area contributed by atoms with Crippen LogP contribution >= 0.6 is 23.1 Å². The molecule has 0 radical (unpaired) electrons. The molecule has 0 saturated carbocycles. The third-order valence-corrected chi connectivity index (χ3v) is 3.50. The van der Waals surface area contributed by atoms with Crippen LogP contribution in [-0.2, 0) is 4.79 Å². The van der Waals surface area contributed by atoms with E-state index in [-0.39, 0.29) is 5.91 Å². The lowest BCUT2D eigenvalue weighted by atomic mass is 10.3. The number of carbonyl (C=O) groups excluding carboxylic acids is 1. The molecule has 1 N–H and O–H groups in total. The number of nitriles is 1. The Bertz CT molecular complexity index is 365. The second-order valence-electron chi connectivity index (χ2n) is 2.31. The zero-order valence-corrected chi connectivity index (χ0v) is 8.88. The Morgan fingerprint density at radius 2 is 2.46 bits per heavy atom. The highest BCUT2D eigenvalue weighted by Crippen LogP contribution is 2.33. The molecule has 13 heavy (non-hydrogen) atoms. The number of carbonyl (C=O) groups is 1. The summed E-state index contributed by atoms with van der Waals surface area (Å²) in [5, 5.41) is 13.2. The van der Waals surface area contributed by atoms with Gasteiger partial charge in [-0.15, -0.1) is 23.1 Å². The minimum absolute atomic E-state index is 0.151. The molecule has 1 aromatic heterocycles. The second-order valence-corrected chi connectivity index (χ2v) is 4.26. The summed E-state index contributed by atoms with van der Waals surface area (Å²) >= 11 is 2.98. The maximum Gasteiger partial charge on any atom is 0.221 e. The zero-order chi connectivity index (χ0) is 9.84. The first-order chi connectivity index (χ1) is 6.19. The third kappa shape index (κ3) is 2.23. The molecule has 1 heterocycles. The third-order valence-electron chi connectivity index (χ3n) is 1.37. The van der Waals surface area contributed by atoms with Crippen LogP contribution in [0.5, 0.6) is 0 Å². The highest BCUT2D eigenvalue weighted by molar-refractivity contribution is 8.00. The number of nitrogens with zero attached hydrogens (tertiary/aromatic N) is 1. The number of hydrogen-bond donors (Lipinski definition) is 1. The fourth-order valence-electron chi connectivity index (χ4n) is 0.878. The van der Waals surface area contributed by atoms with Crippen molar-refractivity contribution >= 4 is 34.7 Å². The van der Waals surface area contributed by atoms with Gasteiger partial charge in [0, 0.05) is 12.3 Å². The van der Waals surface area contributed by atoms with Crippen molar-refractivity contribution in [1.82, 2.24) is 0 Å². The number of rotatable bonds is 2. The molecule has 0 unspecified atom stereocenters. The molecular weight excluding hydrogens is 204 g/mol. The van der Waals surface area contributed by atoms with Crippen molar-refractivity contribution in [3.8, 4) is 6.07 Å². The summed E-state index contributed by atoms with van der Waals surface area (Å²) in [6.45, 7) is 1.43. The quantitative estimate of drug-likeness (QED) is 0.765. The van der Waals surface area contributed by atoms with E-state index in [4.69, 9.17) is 5.26 Å². The molecule has 1 rings (SSSR count). The smallest absolute Gasteiger partial charge is 0.221 e. The van der Waals surface area contributed by atoms with E-state index in [1.807, 2.05) is 6.26 Å². The number of anilines is 1. The molecule has 0 spiro atoms. The Morgan fingerprint density at radius 1 is 1.77 bits per heavy atom. The summed E-state index contributed by atoms with van der Waals surface area (Å²) < 4.78 is 0.936. The van der Waals surface area contributed by atoms with E-state index in [0.29, 0.717) is 11.3 Å². The van der Waals surface area contributed by atoms with Gasteiger partial charge in [0.05, 0.1) is 15.5 Å². The summed E-state index contributed by atoms with van der Waals surface area (Å²) in [6, 6.07) is 2.08. The van der Waals surface area contributed by atoms with Crippen LogP contribution in [-0.4, -0.2) is 12.2 Å². The van der Waals surface area contributed by atoms with E-state index in [9.17, 15) is 4.79 Å². The Balaban J connectivity index is 3.02. The summed E-state index contributed by atoms with van der Waals surface area (Å²) in [4.78, 5) is 10.8. The fourth-order valence-corrected chi connectivity index (χ4v) is 2.44. The standard InChI is InChI=1S/C8H8N2OS2/c1-5(11)10-7-4-13-8(12-2)6(7)3-9/h4H,1-2H3,(H,10,11). The average molecular weight is 212 g/mol. The van der Waals surface area contributed by atoms with Gasteiger partial charge >= 0.3 is 0 Å². The van der Waals surface area contributed by atoms with Gasteiger partial charge in [-0.1, -0.05) is 0 Å². The van der Waals surface area contributed by atoms with E-state index >= 15 is 0 Å². The lowest BCUT2D eigenvalue weighted by molar-refractivity contribution is -0.114. The molecule has 0 aliphatic carbocycles. The summed E-state index contributed by atoms with van der Waals surface area (Å²) in [7, 11) is 0. The van der Waals surface area contributed by atoms with Crippen molar-refractivity contribution in [1.29, 1.82) is 5.26 Å². The van der Waals surface area contributed by atoms with E-state index in [2.05, 4.69) is 11.4 Å². The van der Waals surface area contributed by atoms with E-state index < -0.39 is 0 Å². The Hall–Kier alpha value is -0.990. The first-order valence-corrected chi connectivity index (χ1v) is 5.62. The van der Waals surface area contributed by atoms with Crippen molar-refractivity contribution in [2.45, 2.75) is 11.1 Å². The van der Waals surface area contributed by atoms with Gasteiger partial charge in [0.25, 0.3) is 0 Å². The number of thioether (sulfide) groups is 1. The Morgan fingerprint density at radius 3 is 2.92 bits per heavy atom. The molecule has 5 heteroatoms. The fraction of sp³-hybridized carbons (Fsp3) is 0.250. The molecule has 0 aliphatic heterocycles. The van der Waals surface area contributed by atoms with Gasteiger partial charge in [0.1, 0.15) is 6.07 Å². The van der Waals surface area contributed by atoms with Gasteiger partial charge in [0.15, 0.2) is 0 Å². The van der Waals surface area contributed by atoms with Crippen LogP contribution in [0.3, 0.4) is 0 Å².